The van der Waals surface area contributed by atoms with E-state index in [9.17, 15) is 4.79 Å². The molecule has 5 nitrogen and oxygen atoms in total. The van der Waals surface area contributed by atoms with Crippen molar-refractivity contribution < 1.29 is 4.79 Å². The van der Waals surface area contributed by atoms with E-state index in [1.54, 1.807) is 4.68 Å². The highest BCUT2D eigenvalue weighted by atomic mass is 35.5. The largest absolute Gasteiger partial charge is 0.336 e. The van der Waals surface area contributed by atoms with E-state index in [1.165, 1.54) is 0 Å². The average Bonchev–Trinajstić information content (AvgIpc) is 3.04. The third kappa shape index (κ3) is 2.76. The number of aromatic nitrogens is 2. The molecular weight excluding hydrogens is 288 g/mol. The maximum atomic E-state index is 12.7. The van der Waals surface area contributed by atoms with Crippen molar-refractivity contribution in [2.75, 3.05) is 27.2 Å². The molecule has 3 rings (SSSR count). The zero-order valence-electron chi connectivity index (χ0n) is 12.6. The normalized spacial score (nSPS) is 18.3. The predicted octanol–water partition coefficient (Wildman–Crippen LogP) is 1.77. The van der Waals surface area contributed by atoms with E-state index in [2.05, 4.69) is 24.1 Å². The number of halogens is 1. The van der Waals surface area contributed by atoms with Crippen LogP contribution in [0, 0.1) is 0 Å². The second kappa shape index (κ2) is 6.03. The summed E-state index contributed by atoms with van der Waals surface area (Å²) >= 11 is 0. The Morgan fingerprint density at radius 2 is 2.05 bits per heavy atom. The number of nitrogens with zero attached hydrogens (tertiary/aromatic N) is 4. The van der Waals surface area contributed by atoms with Gasteiger partial charge in [0.1, 0.15) is 0 Å². The van der Waals surface area contributed by atoms with Crippen LogP contribution in [0.1, 0.15) is 16.9 Å². The van der Waals surface area contributed by atoms with Crippen LogP contribution in [0.5, 0.6) is 0 Å². The molecule has 0 saturated carbocycles. The molecule has 1 amide bonds. The number of hydrogen-bond donors (Lipinski definition) is 0. The van der Waals surface area contributed by atoms with Crippen molar-refractivity contribution in [2.24, 2.45) is 7.05 Å². The first-order valence-electron chi connectivity index (χ1n) is 6.95. The van der Waals surface area contributed by atoms with Crippen molar-refractivity contribution in [3.05, 3.63) is 30.0 Å². The number of likely N-dealkylation sites (N-methyl/N-ethyl adjacent to an activating group) is 1. The van der Waals surface area contributed by atoms with Crippen molar-refractivity contribution in [2.45, 2.75) is 12.5 Å². The van der Waals surface area contributed by atoms with Gasteiger partial charge in [0.2, 0.25) is 0 Å². The molecule has 1 aliphatic rings. The van der Waals surface area contributed by atoms with Crippen molar-refractivity contribution in [1.29, 1.82) is 0 Å². The van der Waals surface area contributed by atoms with Gasteiger partial charge in [-0.15, -0.1) is 12.4 Å². The molecule has 2 aromatic rings. The highest BCUT2D eigenvalue weighted by Gasteiger charge is 2.30. The van der Waals surface area contributed by atoms with Gasteiger partial charge < -0.3 is 9.80 Å². The Balaban J connectivity index is 0.00000161. The Morgan fingerprint density at radius 1 is 1.33 bits per heavy atom. The fourth-order valence-corrected chi connectivity index (χ4v) is 2.87. The summed E-state index contributed by atoms with van der Waals surface area (Å²) in [7, 11) is 6.01. The zero-order chi connectivity index (χ0) is 14.3. The fourth-order valence-electron chi connectivity index (χ4n) is 2.87. The third-order valence-electron chi connectivity index (χ3n) is 4.14. The molecule has 0 bridgehead atoms. The molecular formula is C15H21ClN4O. The number of fused-ring (bicyclic) bond motifs is 1. The number of aryl methyl sites for hydroxylation is 1. The number of hydrogen-bond acceptors (Lipinski definition) is 3. The maximum absolute atomic E-state index is 12.7. The van der Waals surface area contributed by atoms with Gasteiger partial charge in [-0.2, -0.15) is 5.10 Å². The molecule has 0 aliphatic carbocycles. The molecule has 1 aliphatic heterocycles. The summed E-state index contributed by atoms with van der Waals surface area (Å²) < 4.78 is 1.78. The number of carbonyl (C=O) groups is 1. The molecule has 0 spiro atoms. The van der Waals surface area contributed by atoms with Crippen LogP contribution in [0.25, 0.3) is 10.9 Å². The number of amides is 1. The summed E-state index contributed by atoms with van der Waals surface area (Å²) in [4.78, 5) is 16.8. The molecule has 1 saturated heterocycles. The van der Waals surface area contributed by atoms with E-state index < -0.39 is 0 Å². The van der Waals surface area contributed by atoms with Crippen molar-refractivity contribution in [1.82, 2.24) is 19.6 Å². The first-order valence-corrected chi connectivity index (χ1v) is 6.95. The van der Waals surface area contributed by atoms with Gasteiger partial charge in [0, 0.05) is 31.6 Å². The smallest absolute Gasteiger partial charge is 0.275 e. The lowest BCUT2D eigenvalue weighted by molar-refractivity contribution is 0.0778. The minimum atomic E-state index is 0. The third-order valence-corrected chi connectivity index (χ3v) is 4.14. The summed E-state index contributed by atoms with van der Waals surface area (Å²) in [5, 5.41) is 5.35. The molecule has 0 radical (unpaired) electrons. The van der Waals surface area contributed by atoms with E-state index >= 15 is 0 Å². The summed E-state index contributed by atoms with van der Waals surface area (Å²) in [5.41, 5.74) is 1.57. The van der Waals surface area contributed by atoms with Gasteiger partial charge in [0.05, 0.1) is 5.52 Å². The van der Waals surface area contributed by atoms with Crippen molar-refractivity contribution >= 4 is 29.2 Å². The Morgan fingerprint density at radius 3 is 2.71 bits per heavy atom. The molecule has 0 N–H and O–H groups in total. The topological polar surface area (TPSA) is 41.4 Å². The Labute approximate surface area is 130 Å². The van der Waals surface area contributed by atoms with Gasteiger partial charge in [-0.05, 0) is 26.6 Å². The van der Waals surface area contributed by atoms with Crippen LogP contribution in [-0.2, 0) is 7.05 Å². The number of benzene rings is 1. The molecule has 2 heterocycles. The Hall–Kier alpha value is -1.59. The number of carbonyl (C=O) groups excluding carboxylic acids is 1. The average molecular weight is 309 g/mol. The molecule has 1 aromatic carbocycles. The maximum Gasteiger partial charge on any atom is 0.275 e. The van der Waals surface area contributed by atoms with E-state index in [0.717, 1.165) is 30.4 Å². The van der Waals surface area contributed by atoms with Crippen LogP contribution < -0.4 is 0 Å². The van der Waals surface area contributed by atoms with Gasteiger partial charge in [-0.1, -0.05) is 18.2 Å². The minimum absolute atomic E-state index is 0. The molecule has 1 fully saturated rings. The van der Waals surface area contributed by atoms with E-state index in [-0.39, 0.29) is 18.3 Å². The van der Waals surface area contributed by atoms with Crippen molar-refractivity contribution in [3.63, 3.8) is 0 Å². The zero-order valence-corrected chi connectivity index (χ0v) is 13.4. The first-order chi connectivity index (χ1) is 9.58. The standard InChI is InChI=1S/C15H20N4O.ClH/c1-17(2)11-8-9-19(10-11)15(20)14-12-6-4-5-7-13(12)18(3)16-14;/h4-7,11H,8-10H2,1-3H3;1H. The van der Waals surface area contributed by atoms with E-state index in [1.807, 2.05) is 36.2 Å². The summed E-state index contributed by atoms with van der Waals surface area (Å²) in [5.74, 6) is 0.0474. The number of likely N-dealkylation sites (tertiary alicyclic amines) is 1. The molecule has 6 heteroatoms. The second-order valence-corrected chi connectivity index (χ2v) is 5.65. The van der Waals surface area contributed by atoms with Gasteiger partial charge in [-0.3, -0.25) is 9.48 Å². The van der Waals surface area contributed by atoms with Crippen LogP contribution in [0.4, 0.5) is 0 Å². The van der Waals surface area contributed by atoms with Crippen molar-refractivity contribution in [3.8, 4) is 0 Å². The van der Waals surface area contributed by atoms with Gasteiger partial charge in [-0.25, -0.2) is 0 Å². The molecule has 114 valence electrons. The van der Waals surface area contributed by atoms with Crippen LogP contribution >= 0.6 is 12.4 Å². The van der Waals surface area contributed by atoms with Crippen LogP contribution in [0.2, 0.25) is 0 Å². The van der Waals surface area contributed by atoms with Crippen LogP contribution in [-0.4, -0.2) is 58.7 Å². The minimum Gasteiger partial charge on any atom is -0.336 e. The van der Waals surface area contributed by atoms with Crippen LogP contribution in [0.3, 0.4) is 0 Å². The fraction of sp³-hybridized carbons (Fsp3) is 0.467. The lowest BCUT2D eigenvalue weighted by atomic mass is 10.2. The predicted molar refractivity (Wildman–Crippen MR) is 86.0 cm³/mol. The molecule has 1 atom stereocenters. The SMILES string of the molecule is CN(C)C1CCN(C(=O)c2nn(C)c3ccccc23)C1.Cl. The van der Waals surface area contributed by atoms with E-state index in [4.69, 9.17) is 0 Å². The van der Waals surface area contributed by atoms with E-state index in [0.29, 0.717) is 11.7 Å². The summed E-state index contributed by atoms with van der Waals surface area (Å²) in [6.07, 6.45) is 1.03. The molecule has 21 heavy (non-hydrogen) atoms. The molecule has 1 unspecified atom stereocenters. The highest BCUT2D eigenvalue weighted by molar-refractivity contribution is 6.04. The quantitative estimate of drug-likeness (QED) is 0.849. The molecule has 1 aromatic heterocycles. The summed E-state index contributed by atoms with van der Waals surface area (Å²) in [6.45, 7) is 1.60. The first kappa shape index (κ1) is 15.8. The Bertz CT molecular complexity index is 652. The van der Waals surface area contributed by atoms with Crippen LogP contribution in [0.15, 0.2) is 24.3 Å². The van der Waals surface area contributed by atoms with Gasteiger partial charge >= 0.3 is 0 Å². The van der Waals surface area contributed by atoms with Gasteiger partial charge in [0.25, 0.3) is 5.91 Å². The number of para-hydroxylation sites is 1. The lowest BCUT2D eigenvalue weighted by Crippen LogP contribution is -2.34. The summed E-state index contributed by atoms with van der Waals surface area (Å²) in [6, 6.07) is 8.33. The second-order valence-electron chi connectivity index (χ2n) is 5.65. The highest BCUT2D eigenvalue weighted by Crippen LogP contribution is 2.21. The lowest BCUT2D eigenvalue weighted by Gasteiger charge is -2.19. The number of rotatable bonds is 2. The van der Waals surface area contributed by atoms with Gasteiger partial charge in [0.15, 0.2) is 5.69 Å². The Kier molecular flexibility index (Phi) is 4.54. The monoisotopic (exact) mass is 308 g/mol.